The topological polar surface area (TPSA) is 59.6 Å². The maximum Gasteiger partial charge on any atom is 0.416 e. The fraction of sp³-hybridized carbons (Fsp3) is 0.278. The van der Waals surface area contributed by atoms with Crippen LogP contribution in [-0.2, 0) is 19.0 Å². The lowest BCUT2D eigenvalue weighted by atomic mass is 10.0. The molecule has 4 rings (SSSR count). The molecule has 0 unspecified atom stereocenters. The molecule has 2 amide bonds. The normalized spacial score (nSPS) is 14.9. The van der Waals surface area contributed by atoms with Gasteiger partial charge in [0.2, 0.25) is 0 Å². The molecule has 0 aliphatic carbocycles. The first-order valence-electron chi connectivity index (χ1n) is 8.11. The van der Waals surface area contributed by atoms with E-state index in [4.69, 9.17) is 9.47 Å². The van der Waals surface area contributed by atoms with Crippen LogP contribution in [-0.4, -0.2) is 19.2 Å². The fourth-order valence-corrected chi connectivity index (χ4v) is 3.14. The lowest BCUT2D eigenvalue weighted by Gasteiger charge is -2.15. The van der Waals surface area contributed by atoms with Gasteiger partial charge in [-0.25, -0.2) is 4.79 Å². The molecule has 0 saturated carbocycles. The van der Waals surface area contributed by atoms with E-state index in [1.165, 1.54) is 12.1 Å². The highest BCUT2D eigenvalue weighted by molar-refractivity contribution is 6.02. The van der Waals surface area contributed by atoms with Gasteiger partial charge in [-0.2, -0.15) is 13.2 Å². The van der Waals surface area contributed by atoms with E-state index >= 15 is 0 Å². The zero-order chi connectivity index (χ0) is 18.3. The third-order valence-electron chi connectivity index (χ3n) is 4.36. The van der Waals surface area contributed by atoms with E-state index in [1.807, 2.05) is 6.07 Å². The van der Waals surface area contributed by atoms with E-state index in [-0.39, 0.29) is 5.69 Å². The molecule has 5 nitrogen and oxygen atoms in total. The Morgan fingerprint density at radius 3 is 2.46 bits per heavy atom. The molecule has 2 aromatic carbocycles. The van der Waals surface area contributed by atoms with Crippen molar-refractivity contribution in [3.8, 4) is 11.5 Å². The molecule has 0 saturated heterocycles. The molecule has 136 valence electrons. The molecule has 2 aromatic rings. The summed E-state index contributed by atoms with van der Waals surface area (Å²) in [7, 11) is 0. The Morgan fingerprint density at radius 2 is 1.73 bits per heavy atom. The maximum absolute atomic E-state index is 12.6. The molecular formula is C18H15F3N2O3. The summed E-state index contributed by atoms with van der Waals surface area (Å²) in [5.41, 5.74) is 1.89. The predicted molar refractivity (Wildman–Crippen MR) is 88.9 cm³/mol. The Morgan fingerprint density at radius 1 is 1.00 bits per heavy atom. The minimum Gasteiger partial charge on any atom is -0.493 e. The van der Waals surface area contributed by atoms with Gasteiger partial charge in [0.1, 0.15) is 11.5 Å². The summed E-state index contributed by atoms with van der Waals surface area (Å²) in [4.78, 5) is 12.3. The van der Waals surface area contributed by atoms with Crippen LogP contribution in [0.15, 0.2) is 30.3 Å². The van der Waals surface area contributed by atoms with E-state index in [2.05, 4.69) is 10.6 Å². The van der Waals surface area contributed by atoms with Crippen LogP contribution in [0.25, 0.3) is 0 Å². The first-order valence-corrected chi connectivity index (χ1v) is 8.11. The summed E-state index contributed by atoms with van der Waals surface area (Å²) in [5.74, 6) is 1.37. The Kier molecular flexibility index (Phi) is 3.90. The number of urea groups is 1. The third kappa shape index (κ3) is 3.02. The number of halogens is 3. The molecular weight excluding hydrogens is 349 g/mol. The number of carbonyl (C=O) groups is 1. The van der Waals surface area contributed by atoms with Crippen molar-refractivity contribution in [3.63, 3.8) is 0 Å². The molecule has 2 N–H and O–H groups in total. The van der Waals surface area contributed by atoms with Gasteiger partial charge in [-0.05, 0) is 30.3 Å². The largest absolute Gasteiger partial charge is 0.493 e. The van der Waals surface area contributed by atoms with Crippen molar-refractivity contribution < 1.29 is 27.4 Å². The van der Waals surface area contributed by atoms with Crippen molar-refractivity contribution in [3.05, 3.63) is 47.0 Å². The van der Waals surface area contributed by atoms with Gasteiger partial charge >= 0.3 is 12.2 Å². The van der Waals surface area contributed by atoms with Gasteiger partial charge in [-0.15, -0.1) is 0 Å². The fourth-order valence-electron chi connectivity index (χ4n) is 3.14. The number of rotatable bonds is 2. The number of nitrogens with one attached hydrogen (secondary N) is 2. The van der Waals surface area contributed by atoms with Crippen molar-refractivity contribution >= 4 is 17.4 Å². The summed E-state index contributed by atoms with van der Waals surface area (Å²) in [6, 6.07) is 5.64. The first-order chi connectivity index (χ1) is 12.4. The number of ether oxygens (including phenoxy) is 2. The number of alkyl halides is 3. The van der Waals surface area contributed by atoms with Crippen LogP contribution >= 0.6 is 0 Å². The lowest BCUT2D eigenvalue weighted by molar-refractivity contribution is -0.137. The van der Waals surface area contributed by atoms with Crippen LogP contribution in [0.2, 0.25) is 0 Å². The van der Waals surface area contributed by atoms with E-state index < -0.39 is 17.8 Å². The minimum absolute atomic E-state index is 0.261. The SMILES string of the molecule is O=C(Nc1ccc(C(F)(F)F)cc1)Nc1c2c(cc3c1OCC3)OCC2. The highest BCUT2D eigenvalue weighted by Crippen LogP contribution is 2.44. The predicted octanol–water partition coefficient (Wildman–Crippen LogP) is 4.22. The molecule has 26 heavy (non-hydrogen) atoms. The first kappa shape index (κ1) is 16.6. The average Bonchev–Trinajstić information content (AvgIpc) is 3.23. The van der Waals surface area contributed by atoms with Gasteiger partial charge in [0.05, 0.1) is 24.5 Å². The second kappa shape index (κ2) is 6.12. The van der Waals surface area contributed by atoms with Crippen LogP contribution in [0.3, 0.4) is 0 Å². The van der Waals surface area contributed by atoms with Crippen molar-refractivity contribution in [2.45, 2.75) is 19.0 Å². The number of fused-ring (bicyclic) bond motifs is 2. The molecule has 0 bridgehead atoms. The summed E-state index contributed by atoms with van der Waals surface area (Å²) in [6.45, 7) is 1.07. The quantitative estimate of drug-likeness (QED) is 0.839. The Hall–Kier alpha value is -2.90. The van der Waals surface area contributed by atoms with E-state index in [1.54, 1.807) is 0 Å². The third-order valence-corrected chi connectivity index (χ3v) is 4.36. The molecule has 0 atom stereocenters. The van der Waals surface area contributed by atoms with Gasteiger partial charge in [-0.3, -0.25) is 0 Å². The molecule has 2 aliphatic heterocycles. The van der Waals surface area contributed by atoms with Gasteiger partial charge in [-0.1, -0.05) is 0 Å². The number of benzene rings is 2. The van der Waals surface area contributed by atoms with Crippen molar-refractivity contribution in [2.75, 3.05) is 23.8 Å². The van der Waals surface area contributed by atoms with Crippen molar-refractivity contribution in [1.29, 1.82) is 0 Å². The summed E-state index contributed by atoms with van der Waals surface area (Å²) >= 11 is 0. The standard InChI is InChI=1S/C18H15F3N2O3/c19-18(20,21)11-1-3-12(4-2-11)22-17(24)23-15-13-6-8-25-14(13)9-10-5-7-26-16(10)15/h1-4,9H,5-8H2,(H2,22,23,24). The molecule has 0 aromatic heterocycles. The number of hydrogen-bond donors (Lipinski definition) is 2. The lowest BCUT2D eigenvalue weighted by Crippen LogP contribution is -2.20. The van der Waals surface area contributed by atoms with E-state index in [0.29, 0.717) is 31.1 Å². The number of carbonyl (C=O) groups excluding carboxylic acids is 1. The van der Waals surface area contributed by atoms with Gasteiger partial charge in [0.25, 0.3) is 0 Å². The van der Waals surface area contributed by atoms with Gasteiger partial charge in [0, 0.05) is 29.7 Å². The minimum atomic E-state index is -4.41. The summed E-state index contributed by atoms with van der Waals surface area (Å²) < 4.78 is 49.0. The van der Waals surface area contributed by atoms with Crippen LogP contribution in [0, 0.1) is 0 Å². The second-order valence-electron chi connectivity index (χ2n) is 6.07. The highest BCUT2D eigenvalue weighted by Gasteiger charge is 2.30. The number of hydrogen-bond acceptors (Lipinski definition) is 3. The van der Waals surface area contributed by atoms with Gasteiger partial charge in [0.15, 0.2) is 0 Å². The molecule has 8 heteroatoms. The molecule has 0 spiro atoms. The van der Waals surface area contributed by atoms with E-state index in [9.17, 15) is 18.0 Å². The zero-order valence-electron chi connectivity index (χ0n) is 13.6. The summed E-state index contributed by atoms with van der Waals surface area (Å²) in [6.07, 6.45) is -3.02. The average molecular weight is 364 g/mol. The molecule has 2 heterocycles. The maximum atomic E-state index is 12.6. The van der Waals surface area contributed by atoms with Crippen LogP contribution < -0.4 is 20.1 Å². The van der Waals surface area contributed by atoms with Gasteiger partial charge < -0.3 is 20.1 Å². The molecule has 0 radical (unpaired) electrons. The highest BCUT2D eigenvalue weighted by atomic mass is 19.4. The van der Waals surface area contributed by atoms with E-state index in [0.717, 1.165) is 35.4 Å². The Balaban J connectivity index is 1.53. The molecule has 0 fully saturated rings. The number of amides is 2. The monoisotopic (exact) mass is 364 g/mol. The zero-order valence-corrected chi connectivity index (χ0v) is 13.6. The van der Waals surface area contributed by atoms with Crippen molar-refractivity contribution in [2.24, 2.45) is 0 Å². The molecule has 2 aliphatic rings. The van der Waals surface area contributed by atoms with Crippen LogP contribution in [0.4, 0.5) is 29.3 Å². The Bertz CT molecular complexity index is 831. The Labute approximate surface area is 147 Å². The van der Waals surface area contributed by atoms with Crippen molar-refractivity contribution in [1.82, 2.24) is 0 Å². The van der Waals surface area contributed by atoms with Crippen LogP contribution in [0.5, 0.6) is 11.5 Å². The second-order valence-corrected chi connectivity index (χ2v) is 6.07. The van der Waals surface area contributed by atoms with Crippen LogP contribution in [0.1, 0.15) is 16.7 Å². The number of anilines is 2. The summed E-state index contributed by atoms with van der Waals surface area (Å²) in [5, 5.41) is 5.30. The smallest absolute Gasteiger partial charge is 0.416 e.